The number of fused-ring (bicyclic) bond motifs is 1. The van der Waals surface area contributed by atoms with Gasteiger partial charge in [-0.1, -0.05) is 18.2 Å². The van der Waals surface area contributed by atoms with Gasteiger partial charge in [-0.15, -0.1) is 11.3 Å². The van der Waals surface area contributed by atoms with Crippen molar-refractivity contribution in [3.63, 3.8) is 0 Å². The van der Waals surface area contributed by atoms with Gasteiger partial charge in [0.15, 0.2) is 0 Å². The molecule has 0 aliphatic rings. The fourth-order valence-electron chi connectivity index (χ4n) is 3.91. The number of nitrogens with zero attached hydrogens (tertiary/aromatic N) is 3. The SMILES string of the molecule is CCOc1ccccc1CCn1c(=O)n(C(C)(C)C)c(=O)c2c(C)c(-c3ncco3)sc21. The highest BCUT2D eigenvalue weighted by Gasteiger charge is 2.27. The Hall–Kier alpha value is -3.13. The molecule has 0 fully saturated rings. The lowest BCUT2D eigenvalue weighted by atomic mass is 10.1. The molecule has 7 nitrogen and oxygen atoms in total. The Kier molecular flexibility index (Phi) is 5.81. The number of rotatable bonds is 6. The summed E-state index contributed by atoms with van der Waals surface area (Å²) >= 11 is 1.37. The third-order valence-corrected chi connectivity index (χ3v) is 6.69. The first-order chi connectivity index (χ1) is 15.2. The third-order valence-electron chi connectivity index (χ3n) is 5.39. The molecule has 0 saturated heterocycles. The molecule has 3 aromatic heterocycles. The van der Waals surface area contributed by atoms with E-state index in [0.717, 1.165) is 21.8 Å². The Balaban J connectivity index is 1.92. The van der Waals surface area contributed by atoms with Crippen LogP contribution in [0.15, 0.2) is 50.7 Å². The molecule has 0 aliphatic carbocycles. The summed E-state index contributed by atoms with van der Waals surface area (Å²) < 4.78 is 14.3. The molecular weight excluding hydrogens is 426 g/mol. The van der Waals surface area contributed by atoms with Gasteiger partial charge in [0.25, 0.3) is 5.56 Å². The molecule has 0 bridgehead atoms. The van der Waals surface area contributed by atoms with Crippen LogP contribution in [0.1, 0.15) is 38.8 Å². The molecule has 0 saturated carbocycles. The lowest BCUT2D eigenvalue weighted by molar-refractivity contribution is 0.335. The second-order valence-electron chi connectivity index (χ2n) is 8.61. The summed E-state index contributed by atoms with van der Waals surface area (Å²) in [6, 6.07) is 7.83. The lowest BCUT2D eigenvalue weighted by Gasteiger charge is -2.23. The topological polar surface area (TPSA) is 79.3 Å². The molecule has 32 heavy (non-hydrogen) atoms. The fourth-order valence-corrected chi connectivity index (χ4v) is 5.17. The number of para-hydroxylation sites is 1. The summed E-state index contributed by atoms with van der Waals surface area (Å²) in [5.41, 5.74) is 0.535. The molecule has 0 unspecified atom stereocenters. The second kappa shape index (κ2) is 8.43. The van der Waals surface area contributed by atoms with Gasteiger partial charge in [0.1, 0.15) is 16.8 Å². The zero-order chi connectivity index (χ0) is 23.0. The highest BCUT2D eigenvalue weighted by atomic mass is 32.1. The Labute approximate surface area is 189 Å². The molecule has 0 radical (unpaired) electrons. The normalized spacial score (nSPS) is 11.9. The summed E-state index contributed by atoms with van der Waals surface area (Å²) in [5.74, 6) is 1.26. The van der Waals surface area contributed by atoms with Crippen molar-refractivity contribution >= 4 is 21.6 Å². The maximum absolute atomic E-state index is 13.6. The quantitative estimate of drug-likeness (QED) is 0.427. The highest BCUT2D eigenvalue weighted by molar-refractivity contribution is 7.22. The van der Waals surface area contributed by atoms with Crippen LogP contribution in [0.3, 0.4) is 0 Å². The van der Waals surface area contributed by atoms with Gasteiger partial charge in [-0.25, -0.2) is 9.78 Å². The smallest absolute Gasteiger partial charge is 0.332 e. The maximum atomic E-state index is 13.6. The Morgan fingerprint density at radius 3 is 2.59 bits per heavy atom. The standard InChI is InChI=1S/C24H27N3O4S/c1-6-30-17-10-8-7-9-16(17)11-13-26-22-18(21(28)27(23(26)29)24(3,4)5)15(2)19(32-22)20-25-12-14-31-20/h7-10,12,14H,6,11,13H2,1-5H3. The molecule has 0 spiro atoms. The molecule has 0 atom stereocenters. The minimum atomic E-state index is -0.662. The summed E-state index contributed by atoms with van der Waals surface area (Å²) in [6.45, 7) is 10.4. The molecule has 4 rings (SSSR count). The van der Waals surface area contributed by atoms with Crippen molar-refractivity contribution in [3.05, 3.63) is 68.7 Å². The van der Waals surface area contributed by atoms with Crippen molar-refractivity contribution in [2.75, 3.05) is 6.61 Å². The van der Waals surface area contributed by atoms with E-state index in [2.05, 4.69) is 4.98 Å². The van der Waals surface area contributed by atoms with E-state index in [0.29, 0.717) is 35.7 Å². The number of hydrogen-bond acceptors (Lipinski definition) is 6. The van der Waals surface area contributed by atoms with E-state index in [-0.39, 0.29) is 11.2 Å². The zero-order valence-electron chi connectivity index (χ0n) is 19.0. The minimum absolute atomic E-state index is 0.282. The van der Waals surface area contributed by atoms with Crippen LogP contribution in [-0.2, 0) is 18.5 Å². The van der Waals surface area contributed by atoms with E-state index in [9.17, 15) is 9.59 Å². The van der Waals surface area contributed by atoms with Crippen molar-refractivity contribution in [1.82, 2.24) is 14.1 Å². The number of aryl methyl sites for hydroxylation is 3. The number of benzene rings is 1. The first-order valence-corrected chi connectivity index (χ1v) is 11.5. The molecule has 0 amide bonds. The summed E-state index contributed by atoms with van der Waals surface area (Å²) in [4.78, 5) is 32.7. The average molecular weight is 454 g/mol. The molecule has 168 valence electrons. The predicted molar refractivity (Wildman–Crippen MR) is 127 cm³/mol. The number of hydrogen-bond donors (Lipinski definition) is 0. The van der Waals surface area contributed by atoms with Crippen molar-refractivity contribution < 1.29 is 9.15 Å². The van der Waals surface area contributed by atoms with E-state index in [1.807, 2.05) is 58.9 Å². The largest absolute Gasteiger partial charge is 0.494 e. The summed E-state index contributed by atoms with van der Waals surface area (Å²) in [5, 5.41) is 0.538. The van der Waals surface area contributed by atoms with Crippen LogP contribution in [0.2, 0.25) is 0 Å². The van der Waals surface area contributed by atoms with Crippen LogP contribution in [0.25, 0.3) is 21.0 Å². The number of ether oxygens (including phenoxy) is 1. The predicted octanol–water partition coefficient (Wildman–Crippen LogP) is 4.58. The number of oxazole rings is 1. The van der Waals surface area contributed by atoms with Crippen molar-refractivity contribution in [1.29, 1.82) is 0 Å². The first-order valence-electron chi connectivity index (χ1n) is 10.6. The average Bonchev–Trinajstić information content (AvgIpc) is 3.36. The second-order valence-corrected chi connectivity index (χ2v) is 9.61. The summed E-state index contributed by atoms with van der Waals surface area (Å²) in [7, 11) is 0. The van der Waals surface area contributed by atoms with Crippen molar-refractivity contribution in [2.45, 2.75) is 53.1 Å². The van der Waals surface area contributed by atoms with Gasteiger partial charge < -0.3 is 9.15 Å². The van der Waals surface area contributed by atoms with Crippen LogP contribution in [0.5, 0.6) is 5.75 Å². The van der Waals surface area contributed by atoms with Crippen LogP contribution in [-0.4, -0.2) is 20.7 Å². The minimum Gasteiger partial charge on any atom is -0.494 e. The van der Waals surface area contributed by atoms with Gasteiger partial charge in [0, 0.05) is 12.1 Å². The van der Waals surface area contributed by atoms with Gasteiger partial charge >= 0.3 is 5.69 Å². The molecule has 3 heterocycles. The lowest BCUT2D eigenvalue weighted by Crippen LogP contribution is -2.47. The Morgan fingerprint density at radius 1 is 1.19 bits per heavy atom. The molecular formula is C24H27N3O4S. The van der Waals surface area contributed by atoms with Gasteiger partial charge in [-0.05, 0) is 58.2 Å². The molecule has 4 aromatic rings. The highest BCUT2D eigenvalue weighted by Crippen LogP contribution is 2.35. The van der Waals surface area contributed by atoms with Crippen LogP contribution in [0.4, 0.5) is 0 Å². The van der Waals surface area contributed by atoms with Gasteiger partial charge in [0.05, 0.1) is 23.1 Å². The van der Waals surface area contributed by atoms with Gasteiger partial charge in [0.2, 0.25) is 5.89 Å². The number of thiophene rings is 1. The van der Waals surface area contributed by atoms with E-state index in [1.165, 1.54) is 22.2 Å². The fraction of sp³-hybridized carbons (Fsp3) is 0.375. The van der Waals surface area contributed by atoms with E-state index in [4.69, 9.17) is 9.15 Å². The van der Waals surface area contributed by atoms with Gasteiger partial charge in [-0.2, -0.15) is 0 Å². The van der Waals surface area contributed by atoms with Crippen molar-refractivity contribution in [3.8, 4) is 16.5 Å². The van der Waals surface area contributed by atoms with Crippen LogP contribution < -0.4 is 16.0 Å². The van der Waals surface area contributed by atoms with E-state index in [1.54, 1.807) is 10.8 Å². The zero-order valence-corrected chi connectivity index (χ0v) is 19.8. The van der Waals surface area contributed by atoms with E-state index < -0.39 is 5.54 Å². The summed E-state index contributed by atoms with van der Waals surface area (Å²) in [6.07, 6.45) is 3.67. The van der Waals surface area contributed by atoms with Crippen molar-refractivity contribution in [2.24, 2.45) is 0 Å². The molecule has 0 N–H and O–H groups in total. The number of aromatic nitrogens is 3. The first kappa shape index (κ1) is 22.1. The third kappa shape index (κ3) is 3.79. The molecule has 8 heteroatoms. The molecule has 0 aliphatic heterocycles. The Morgan fingerprint density at radius 2 is 1.94 bits per heavy atom. The molecule has 1 aromatic carbocycles. The van der Waals surface area contributed by atoms with E-state index >= 15 is 0 Å². The van der Waals surface area contributed by atoms with Gasteiger partial charge in [-0.3, -0.25) is 13.9 Å². The van der Waals surface area contributed by atoms with Crippen LogP contribution in [0, 0.1) is 6.92 Å². The Bertz CT molecular complexity index is 1370. The monoisotopic (exact) mass is 453 g/mol. The maximum Gasteiger partial charge on any atom is 0.332 e. The van der Waals surface area contributed by atoms with Crippen LogP contribution >= 0.6 is 11.3 Å².